The SMILES string of the molecule is C=CCNC(=O)CS(=O)(=O)c1cc(Cl)cc(C(=O)O)c1C. The maximum absolute atomic E-state index is 12.2. The third-order valence-corrected chi connectivity index (χ3v) is 4.61. The van der Waals surface area contributed by atoms with Crippen molar-refractivity contribution < 1.29 is 23.1 Å². The van der Waals surface area contributed by atoms with Crippen LogP contribution < -0.4 is 5.32 Å². The largest absolute Gasteiger partial charge is 0.478 e. The van der Waals surface area contributed by atoms with Crippen molar-refractivity contribution in [2.24, 2.45) is 0 Å². The van der Waals surface area contributed by atoms with E-state index in [9.17, 15) is 18.0 Å². The molecule has 6 nitrogen and oxygen atoms in total. The summed E-state index contributed by atoms with van der Waals surface area (Å²) in [5, 5.41) is 11.4. The Bertz CT molecular complexity index is 697. The van der Waals surface area contributed by atoms with E-state index < -0.39 is 27.5 Å². The lowest BCUT2D eigenvalue weighted by molar-refractivity contribution is -0.118. The molecular weight excluding hydrogens is 318 g/mol. The molecule has 2 N–H and O–H groups in total. The summed E-state index contributed by atoms with van der Waals surface area (Å²) in [4.78, 5) is 22.3. The van der Waals surface area contributed by atoms with Gasteiger partial charge in [-0.05, 0) is 24.6 Å². The molecule has 0 aromatic heterocycles. The number of hydrogen-bond donors (Lipinski definition) is 2. The number of hydrogen-bond acceptors (Lipinski definition) is 4. The third-order valence-electron chi connectivity index (χ3n) is 2.65. The van der Waals surface area contributed by atoms with E-state index in [0.717, 1.165) is 12.1 Å². The van der Waals surface area contributed by atoms with Crippen molar-refractivity contribution >= 4 is 33.3 Å². The number of carbonyl (C=O) groups is 2. The molecule has 0 saturated carbocycles. The molecule has 1 amide bonds. The monoisotopic (exact) mass is 331 g/mol. The fraction of sp³-hybridized carbons (Fsp3) is 0.231. The third kappa shape index (κ3) is 4.30. The lowest BCUT2D eigenvalue weighted by Crippen LogP contribution is -2.30. The maximum atomic E-state index is 12.2. The van der Waals surface area contributed by atoms with Gasteiger partial charge in [0.05, 0.1) is 10.5 Å². The van der Waals surface area contributed by atoms with Crippen LogP contribution in [-0.4, -0.2) is 37.7 Å². The minimum absolute atomic E-state index is 0.0249. The Morgan fingerprint density at radius 1 is 1.43 bits per heavy atom. The number of sulfone groups is 1. The van der Waals surface area contributed by atoms with E-state index >= 15 is 0 Å². The number of rotatable bonds is 6. The van der Waals surface area contributed by atoms with Crippen LogP contribution in [0.2, 0.25) is 5.02 Å². The van der Waals surface area contributed by atoms with Crippen LogP contribution in [0.15, 0.2) is 29.7 Å². The van der Waals surface area contributed by atoms with Crippen molar-refractivity contribution in [3.63, 3.8) is 0 Å². The highest BCUT2D eigenvalue weighted by Gasteiger charge is 2.24. The average Bonchev–Trinajstić information content (AvgIpc) is 2.37. The molecule has 1 aromatic rings. The van der Waals surface area contributed by atoms with Crippen molar-refractivity contribution in [2.45, 2.75) is 11.8 Å². The molecule has 0 bridgehead atoms. The van der Waals surface area contributed by atoms with Gasteiger partial charge in [0, 0.05) is 11.6 Å². The van der Waals surface area contributed by atoms with Crippen molar-refractivity contribution in [1.82, 2.24) is 5.32 Å². The maximum Gasteiger partial charge on any atom is 0.336 e. The minimum atomic E-state index is -3.99. The summed E-state index contributed by atoms with van der Waals surface area (Å²) >= 11 is 5.75. The summed E-state index contributed by atoms with van der Waals surface area (Å²) in [5.41, 5.74) is -0.170. The van der Waals surface area contributed by atoms with Gasteiger partial charge in [-0.3, -0.25) is 4.79 Å². The van der Waals surface area contributed by atoms with Gasteiger partial charge in [-0.25, -0.2) is 13.2 Å². The van der Waals surface area contributed by atoms with Gasteiger partial charge in [-0.1, -0.05) is 17.7 Å². The molecule has 1 aromatic carbocycles. The highest BCUT2D eigenvalue weighted by molar-refractivity contribution is 7.92. The van der Waals surface area contributed by atoms with Crippen LogP contribution in [0.25, 0.3) is 0 Å². The Kier molecular flexibility index (Phi) is 5.51. The van der Waals surface area contributed by atoms with Crippen LogP contribution in [0.3, 0.4) is 0 Å². The Morgan fingerprint density at radius 3 is 2.57 bits per heavy atom. The fourth-order valence-electron chi connectivity index (χ4n) is 1.69. The molecule has 0 fully saturated rings. The number of nitrogens with one attached hydrogen (secondary N) is 1. The van der Waals surface area contributed by atoms with E-state index in [1.54, 1.807) is 0 Å². The zero-order valence-electron chi connectivity index (χ0n) is 11.2. The van der Waals surface area contributed by atoms with E-state index in [1.165, 1.54) is 13.0 Å². The predicted octanol–water partition coefficient (Wildman–Crippen LogP) is 1.42. The molecule has 0 spiro atoms. The second kappa shape index (κ2) is 6.73. The number of carboxylic acid groups (broad SMARTS) is 1. The molecule has 0 radical (unpaired) electrons. The zero-order chi connectivity index (χ0) is 16.2. The normalized spacial score (nSPS) is 11.0. The van der Waals surface area contributed by atoms with Gasteiger partial charge in [-0.15, -0.1) is 6.58 Å². The van der Waals surface area contributed by atoms with Gasteiger partial charge >= 0.3 is 5.97 Å². The van der Waals surface area contributed by atoms with Crippen molar-refractivity contribution in [1.29, 1.82) is 0 Å². The number of aromatic carboxylic acids is 1. The molecule has 0 unspecified atom stereocenters. The number of carbonyl (C=O) groups excluding carboxylic acids is 1. The van der Waals surface area contributed by atoms with E-state index in [2.05, 4.69) is 11.9 Å². The molecule has 0 aliphatic heterocycles. The van der Waals surface area contributed by atoms with E-state index in [-0.39, 0.29) is 27.6 Å². The van der Waals surface area contributed by atoms with Crippen molar-refractivity contribution in [3.8, 4) is 0 Å². The van der Waals surface area contributed by atoms with Gasteiger partial charge in [-0.2, -0.15) is 0 Å². The lowest BCUT2D eigenvalue weighted by atomic mass is 10.1. The van der Waals surface area contributed by atoms with Crippen molar-refractivity contribution in [3.05, 3.63) is 40.9 Å². The highest BCUT2D eigenvalue weighted by Crippen LogP contribution is 2.25. The van der Waals surface area contributed by atoms with Gasteiger partial charge in [0.25, 0.3) is 0 Å². The summed E-state index contributed by atoms with van der Waals surface area (Å²) in [6, 6.07) is 2.30. The topological polar surface area (TPSA) is 101 Å². The Balaban J connectivity index is 3.23. The Morgan fingerprint density at radius 2 is 2.05 bits per heavy atom. The first-order valence-electron chi connectivity index (χ1n) is 5.83. The van der Waals surface area contributed by atoms with Gasteiger partial charge in [0.15, 0.2) is 9.84 Å². The van der Waals surface area contributed by atoms with Gasteiger partial charge < -0.3 is 10.4 Å². The summed E-state index contributed by atoms with van der Waals surface area (Å²) in [7, 11) is -3.99. The molecule has 8 heteroatoms. The number of amides is 1. The second-order valence-corrected chi connectivity index (χ2v) is 6.63. The molecule has 114 valence electrons. The van der Waals surface area contributed by atoms with Crippen LogP contribution in [0.5, 0.6) is 0 Å². The van der Waals surface area contributed by atoms with E-state index in [0.29, 0.717) is 0 Å². The first-order valence-corrected chi connectivity index (χ1v) is 7.86. The standard InChI is InChI=1S/C13H14ClNO5S/c1-3-4-15-12(16)7-21(19,20)11-6-9(14)5-10(8(11)2)13(17)18/h3,5-6H,1,4,7H2,2H3,(H,15,16)(H,17,18). The quantitative estimate of drug-likeness (QED) is 0.768. The van der Waals surface area contributed by atoms with Crippen LogP contribution in [0, 0.1) is 6.92 Å². The Labute approximate surface area is 127 Å². The highest BCUT2D eigenvalue weighted by atomic mass is 35.5. The number of benzene rings is 1. The van der Waals surface area contributed by atoms with Gasteiger partial charge in [0.2, 0.25) is 5.91 Å². The minimum Gasteiger partial charge on any atom is -0.478 e. The summed E-state index contributed by atoms with van der Waals surface area (Å²) in [6.45, 7) is 4.89. The average molecular weight is 332 g/mol. The van der Waals surface area contributed by atoms with Crippen LogP contribution in [-0.2, 0) is 14.6 Å². The molecule has 1 rings (SSSR count). The second-order valence-electron chi connectivity index (χ2n) is 4.23. The van der Waals surface area contributed by atoms with Crippen molar-refractivity contribution in [2.75, 3.05) is 12.3 Å². The number of carboxylic acids is 1. The smallest absolute Gasteiger partial charge is 0.336 e. The van der Waals surface area contributed by atoms with Crippen LogP contribution >= 0.6 is 11.6 Å². The summed E-state index contributed by atoms with van der Waals surface area (Å²) in [6.07, 6.45) is 1.41. The van der Waals surface area contributed by atoms with E-state index in [4.69, 9.17) is 16.7 Å². The van der Waals surface area contributed by atoms with E-state index in [1.807, 2.05) is 0 Å². The van der Waals surface area contributed by atoms with Crippen LogP contribution in [0.1, 0.15) is 15.9 Å². The summed E-state index contributed by atoms with van der Waals surface area (Å²) < 4.78 is 24.4. The number of halogens is 1. The zero-order valence-corrected chi connectivity index (χ0v) is 12.8. The van der Waals surface area contributed by atoms with Crippen LogP contribution in [0.4, 0.5) is 0 Å². The van der Waals surface area contributed by atoms with Gasteiger partial charge in [0.1, 0.15) is 5.75 Å². The molecular formula is C13H14ClNO5S. The first-order chi connectivity index (χ1) is 9.69. The predicted molar refractivity (Wildman–Crippen MR) is 78.4 cm³/mol. The fourth-order valence-corrected chi connectivity index (χ4v) is 3.46. The first kappa shape index (κ1) is 17.2. The molecule has 0 saturated heterocycles. The molecule has 0 aliphatic carbocycles. The lowest BCUT2D eigenvalue weighted by Gasteiger charge is -2.11. The molecule has 0 aliphatic rings. The Hall–Kier alpha value is -1.86. The molecule has 21 heavy (non-hydrogen) atoms. The molecule has 0 heterocycles. The molecule has 0 atom stereocenters. The summed E-state index contributed by atoms with van der Waals surface area (Å²) in [5.74, 6) is -2.78.